The maximum Gasteiger partial charge on any atom is 0.0625 e. The van der Waals surface area contributed by atoms with Crippen molar-refractivity contribution in [3.05, 3.63) is 63.4 Å². The second kappa shape index (κ2) is 7.79. The van der Waals surface area contributed by atoms with E-state index >= 15 is 0 Å². The Morgan fingerprint density at radius 3 is 2.62 bits per heavy atom. The predicted octanol–water partition coefficient (Wildman–Crippen LogP) is 4.98. The van der Waals surface area contributed by atoms with Crippen LogP contribution in [-0.2, 0) is 6.42 Å². The van der Waals surface area contributed by atoms with E-state index < -0.39 is 0 Å². The third kappa shape index (κ3) is 4.44. The Kier molecular flexibility index (Phi) is 6.04. The van der Waals surface area contributed by atoms with Gasteiger partial charge in [0.05, 0.1) is 21.8 Å². The van der Waals surface area contributed by atoms with Gasteiger partial charge in [0, 0.05) is 5.69 Å². The molecular weight excluding hydrogens is 303 g/mol. The lowest BCUT2D eigenvalue weighted by molar-refractivity contribution is 0.517. The monoisotopic (exact) mass is 322 g/mol. The van der Waals surface area contributed by atoms with Crippen molar-refractivity contribution in [3.63, 3.8) is 0 Å². The lowest BCUT2D eigenvalue weighted by atomic mass is 10.0. The summed E-state index contributed by atoms with van der Waals surface area (Å²) in [5.41, 5.74) is 3.11. The molecule has 1 heterocycles. The molecule has 0 fully saturated rings. The summed E-state index contributed by atoms with van der Waals surface area (Å²) in [4.78, 5) is 4.64. The zero-order valence-electron chi connectivity index (χ0n) is 12.4. The van der Waals surface area contributed by atoms with Crippen molar-refractivity contribution in [2.45, 2.75) is 32.7 Å². The van der Waals surface area contributed by atoms with Crippen molar-refractivity contribution in [2.75, 3.05) is 6.54 Å². The standard InChI is InChI=1S/C17H20Cl2N2/c1-3-10-20-16(15-9-4-6-12(2)21-15)11-13-7-5-8-14(18)17(13)19/h4-9,16,20H,3,10-11H2,1-2H3. The van der Waals surface area contributed by atoms with Crippen LogP contribution >= 0.6 is 23.2 Å². The van der Waals surface area contributed by atoms with Gasteiger partial charge in [-0.3, -0.25) is 4.98 Å². The summed E-state index contributed by atoms with van der Waals surface area (Å²) in [5.74, 6) is 0. The largest absolute Gasteiger partial charge is 0.308 e. The van der Waals surface area contributed by atoms with Gasteiger partial charge in [0.2, 0.25) is 0 Å². The number of hydrogen-bond acceptors (Lipinski definition) is 2. The third-order valence-electron chi connectivity index (χ3n) is 3.36. The molecule has 0 amide bonds. The Morgan fingerprint density at radius 1 is 1.14 bits per heavy atom. The van der Waals surface area contributed by atoms with E-state index in [1.54, 1.807) is 0 Å². The topological polar surface area (TPSA) is 24.9 Å². The van der Waals surface area contributed by atoms with E-state index in [9.17, 15) is 0 Å². The molecular formula is C17H20Cl2N2. The Hall–Kier alpha value is -1.09. The molecule has 0 radical (unpaired) electrons. The molecule has 0 aliphatic heterocycles. The lowest BCUT2D eigenvalue weighted by Gasteiger charge is -2.19. The first-order valence-corrected chi connectivity index (χ1v) is 7.97. The second-order valence-electron chi connectivity index (χ2n) is 5.13. The zero-order valence-corrected chi connectivity index (χ0v) is 13.9. The van der Waals surface area contributed by atoms with Crippen molar-refractivity contribution in [1.82, 2.24) is 10.3 Å². The lowest BCUT2D eigenvalue weighted by Crippen LogP contribution is -2.25. The van der Waals surface area contributed by atoms with Gasteiger partial charge in [0.1, 0.15) is 0 Å². The number of rotatable bonds is 6. The van der Waals surface area contributed by atoms with Crippen LogP contribution in [0.4, 0.5) is 0 Å². The zero-order chi connectivity index (χ0) is 15.2. The van der Waals surface area contributed by atoms with Gasteiger partial charge in [-0.05, 0) is 50.1 Å². The van der Waals surface area contributed by atoms with Crippen molar-refractivity contribution in [1.29, 1.82) is 0 Å². The first-order valence-electron chi connectivity index (χ1n) is 7.21. The fraction of sp³-hybridized carbons (Fsp3) is 0.353. The highest BCUT2D eigenvalue weighted by atomic mass is 35.5. The van der Waals surface area contributed by atoms with E-state index in [2.05, 4.69) is 23.3 Å². The van der Waals surface area contributed by atoms with E-state index in [-0.39, 0.29) is 6.04 Å². The molecule has 1 atom stereocenters. The van der Waals surface area contributed by atoms with Gasteiger partial charge in [0.15, 0.2) is 0 Å². The van der Waals surface area contributed by atoms with Crippen molar-refractivity contribution < 1.29 is 0 Å². The van der Waals surface area contributed by atoms with Crippen molar-refractivity contribution in [3.8, 4) is 0 Å². The number of pyridine rings is 1. The summed E-state index contributed by atoms with van der Waals surface area (Å²) in [6.45, 7) is 5.10. The average molecular weight is 323 g/mol. The minimum atomic E-state index is 0.140. The van der Waals surface area contributed by atoms with Gasteiger partial charge in [-0.25, -0.2) is 0 Å². The van der Waals surface area contributed by atoms with E-state index in [0.717, 1.165) is 36.3 Å². The van der Waals surface area contributed by atoms with Gasteiger partial charge in [-0.15, -0.1) is 0 Å². The molecule has 0 spiro atoms. The molecule has 0 aliphatic rings. The number of aryl methyl sites for hydroxylation is 1. The molecule has 0 bridgehead atoms. The molecule has 112 valence electrons. The van der Waals surface area contributed by atoms with Crippen LogP contribution in [0.25, 0.3) is 0 Å². The number of nitrogens with zero attached hydrogens (tertiary/aromatic N) is 1. The normalized spacial score (nSPS) is 12.4. The molecule has 4 heteroatoms. The summed E-state index contributed by atoms with van der Waals surface area (Å²) in [6, 6.07) is 12.0. The number of aromatic nitrogens is 1. The summed E-state index contributed by atoms with van der Waals surface area (Å²) in [7, 11) is 0. The predicted molar refractivity (Wildman–Crippen MR) is 90.2 cm³/mol. The van der Waals surface area contributed by atoms with Crippen molar-refractivity contribution in [2.24, 2.45) is 0 Å². The molecule has 1 aromatic heterocycles. The number of nitrogens with one attached hydrogen (secondary N) is 1. The van der Waals surface area contributed by atoms with Crippen LogP contribution in [0.15, 0.2) is 36.4 Å². The molecule has 0 aliphatic carbocycles. The Bertz CT molecular complexity index is 599. The maximum atomic E-state index is 6.31. The first kappa shape index (κ1) is 16.3. The van der Waals surface area contributed by atoms with E-state index in [1.807, 2.05) is 37.3 Å². The van der Waals surface area contributed by atoms with Crippen molar-refractivity contribution >= 4 is 23.2 Å². The van der Waals surface area contributed by atoms with Crippen LogP contribution in [0.1, 0.15) is 36.3 Å². The van der Waals surface area contributed by atoms with E-state index in [4.69, 9.17) is 23.2 Å². The quantitative estimate of drug-likeness (QED) is 0.811. The first-order chi connectivity index (χ1) is 10.1. The molecule has 21 heavy (non-hydrogen) atoms. The molecule has 1 N–H and O–H groups in total. The molecule has 2 aromatic rings. The molecule has 0 saturated carbocycles. The fourth-order valence-electron chi connectivity index (χ4n) is 2.28. The Labute approximate surface area is 136 Å². The molecule has 2 nitrogen and oxygen atoms in total. The van der Waals surface area contributed by atoms with Crippen LogP contribution in [0, 0.1) is 6.92 Å². The fourth-order valence-corrected chi connectivity index (χ4v) is 2.68. The summed E-state index contributed by atoms with van der Waals surface area (Å²) in [5, 5.41) is 4.78. The third-order valence-corrected chi connectivity index (χ3v) is 4.22. The minimum absolute atomic E-state index is 0.140. The van der Waals surface area contributed by atoms with Crippen LogP contribution in [-0.4, -0.2) is 11.5 Å². The van der Waals surface area contributed by atoms with Gasteiger partial charge < -0.3 is 5.32 Å². The van der Waals surface area contributed by atoms with Crippen LogP contribution in [0.3, 0.4) is 0 Å². The smallest absolute Gasteiger partial charge is 0.0625 e. The average Bonchev–Trinajstić information content (AvgIpc) is 2.47. The SMILES string of the molecule is CCCNC(Cc1cccc(Cl)c1Cl)c1cccc(C)n1. The Morgan fingerprint density at radius 2 is 1.90 bits per heavy atom. The van der Waals surface area contributed by atoms with Gasteiger partial charge >= 0.3 is 0 Å². The molecule has 1 unspecified atom stereocenters. The van der Waals surface area contributed by atoms with Gasteiger partial charge in [0.25, 0.3) is 0 Å². The number of halogens is 2. The number of hydrogen-bond donors (Lipinski definition) is 1. The van der Waals surface area contributed by atoms with Crippen LogP contribution < -0.4 is 5.32 Å². The Balaban J connectivity index is 2.26. The molecule has 0 saturated heterocycles. The van der Waals surface area contributed by atoms with Crippen LogP contribution in [0.2, 0.25) is 10.0 Å². The highest BCUT2D eigenvalue weighted by Crippen LogP contribution is 2.29. The highest BCUT2D eigenvalue weighted by molar-refractivity contribution is 6.42. The maximum absolute atomic E-state index is 6.31. The molecule has 2 rings (SSSR count). The number of benzene rings is 1. The van der Waals surface area contributed by atoms with E-state index in [1.165, 1.54) is 0 Å². The minimum Gasteiger partial charge on any atom is -0.308 e. The summed E-state index contributed by atoms with van der Waals surface area (Å²) < 4.78 is 0. The highest BCUT2D eigenvalue weighted by Gasteiger charge is 2.15. The van der Waals surface area contributed by atoms with Gasteiger partial charge in [-0.2, -0.15) is 0 Å². The molecule has 1 aromatic carbocycles. The van der Waals surface area contributed by atoms with Gasteiger partial charge in [-0.1, -0.05) is 48.3 Å². The second-order valence-corrected chi connectivity index (χ2v) is 5.91. The summed E-state index contributed by atoms with van der Waals surface area (Å²) >= 11 is 12.4. The van der Waals surface area contributed by atoms with Crippen LogP contribution in [0.5, 0.6) is 0 Å². The summed E-state index contributed by atoms with van der Waals surface area (Å²) in [6.07, 6.45) is 1.85. The van der Waals surface area contributed by atoms with E-state index in [0.29, 0.717) is 10.0 Å².